The Balaban J connectivity index is 2.53. The van der Waals surface area contributed by atoms with E-state index in [0.29, 0.717) is 0 Å². The van der Waals surface area contributed by atoms with Crippen molar-refractivity contribution in [1.82, 2.24) is 0 Å². The van der Waals surface area contributed by atoms with Gasteiger partial charge in [0.25, 0.3) is 0 Å². The Kier molecular flexibility index (Phi) is 5.11. The summed E-state index contributed by atoms with van der Waals surface area (Å²) < 4.78 is 9.64. The van der Waals surface area contributed by atoms with E-state index in [0.717, 1.165) is 11.1 Å². The maximum absolute atomic E-state index is 11.6. The molecule has 0 amide bonds. The molecule has 0 aliphatic rings. The van der Waals surface area contributed by atoms with Crippen molar-refractivity contribution in [3.05, 3.63) is 42.0 Å². The van der Waals surface area contributed by atoms with Gasteiger partial charge in [-0.25, -0.2) is 0 Å². The molecule has 4 nitrogen and oxygen atoms in total. The summed E-state index contributed by atoms with van der Waals surface area (Å²) in [5.41, 5.74) is 1.76. The lowest BCUT2D eigenvalue weighted by Crippen LogP contribution is -2.21. The van der Waals surface area contributed by atoms with E-state index < -0.39 is 18.2 Å². The van der Waals surface area contributed by atoms with Crippen LogP contribution >= 0.6 is 0 Å². The second-order valence-corrected chi connectivity index (χ2v) is 3.79. The third-order valence-corrected chi connectivity index (χ3v) is 2.16. The predicted molar refractivity (Wildman–Crippen MR) is 67.6 cm³/mol. The van der Waals surface area contributed by atoms with Gasteiger partial charge in [-0.15, -0.1) is 0 Å². The number of benzene rings is 1. The fraction of sp³-hybridized carbons (Fsp3) is 0.286. The van der Waals surface area contributed by atoms with Gasteiger partial charge in [0, 0.05) is 13.8 Å². The van der Waals surface area contributed by atoms with Crippen molar-refractivity contribution in [3.8, 4) is 0 Å². The second-order valence-electron chi connectivity index (χ2n) is 3.79. The third-order valence-electron chi connectivity index (χ3n) is 2.16. The lowest BCUT2D eigenvalue weighted by Gasteiger charge is -2.12. The molecule has 0 fully saturated rings. The van der Waals surface area contributed by atoms with Gasteiger partial charge in [-0.2, -0.15) is 0 Å². The molecule has 0 radical (unpaired) electrons. The molecule has 0 heterocycles. The van der Waals surface area contributed by atoms with Crippen LogP contribution in [0, 0.1) is 0 Å². The summed E-state index contributed by atoms with van der Waals surface area (Å²) in [4.78, 5) is 22.2. The number of hydrogen-bond donors (Lipinski definition) is 0. The molecule has 1 aromatic rings. The van der Waals surface area contributed by atoms with Crippen LogP contribution in [0.15, 0.2) is 30.8 Å². The minimum atomic E-state index is -0.863. The first-order valence-corrected chi connectivity index (χ1v) is 5.59. The number of ether oxygens (including phenoxy) is 2. The number of rotatable bonds is 5. The molecule has 0 bridgehead atoms. The van der Waals surface area contributed by atoms with E-state index in [1.807, 2.05) is 24.3 Å². The van der Waals surface area contributed by atoms with Gasteiger partial charge in [-0.1, -0.05) is 36.9 Å². The van der Waals surface area contributed by atoms with Crippen molar-refractivity contribution in [3.63, 3.8) is 0 Å². The average molecular weight is 248 g/mol. The molecule has 1 atom stereocenters. The first kappa shape index (κ1) is 14.0. The van der Waals surface area contributed by atoms with Gasteiger partial charge in [-0.05, 0) is 11.1 Å². The Labute approximate surface area is 106 Å². The summed E-state index contributed by atoms with van der Waals surface area (Å²) in [6.07, 6.45) is 0.974. The highest BCUT2D eigenvalue weighted by Gasteiger charge is 2.12. The lowest BCUT2D eigenvalue weighted by atomic mass is 10.1. The Morgan fingerprint density at radius 3 is 2.72 bits per heavy atom. The van der Waals surface area contributed by atoms with Crippen molar-refractivity contribution in [1.29, 1.82) is 0 Å². The summed E-state index contributed by atoms with van der Waals surface area (Å²) >= 11 is 0. The van der Waals surface area contributed by atoms with E-state index in [1.165, 1.54) is 13.8 Å². The summed E-state index contributed by atoms with van der Waals surface area (Å²) in [7, 11) is 0. The molecular formula is C14H16O4. The van der Waals surface area contributed by atoms with Crippen molar-refractivity contribution in [2.45, 2.75) is 26.6 Å². The Bertz CT molecular complexity index is 451. The summed E-state index contributed by atoms with van der Waals surface area (Å²) in [6.45, 7) is 6.42. The fourth-order valence-electron chi connectivity index (χ4n) is 1.48. The highest BCUT2D eigenvalue weighted by Crippen LogP contribution is 2.08. The summed E-state index contributed by atoms with van der Waals surface area (Å²) in [6, 6.07) is 7.41. The fourth-order valence-corrected chi connectivity index (χ4v) is 1.48. The van der Waals surface area contributed by atoms with E-state index in [-0.39, 0.29) is 6.42 Å². The van der Waals surface area contributed by atoms with Crippen LogP contribution in [-0.2, 0) is 25.5 Å². The van der Waals surface area contributed by atoms with Crippen molar-refractivity contribution >= 4 is 18.0 Å². The van der Waals surface area contributed by atoms with Crippen LogP contribution in [-0.4, -0.2) is 18.2 Å². The Hall–Kier alpha value is -2.10. The molecule has 96 valence electrons. The molecule has 0 aromatic heterocycles. The van der Waals surface area contributed by atoms with Gasteiger partial charge < -0.3 is 9.47 Å². The molecule has 0 N–H and O–H groups in total. The zero-order valence-electron chi connectivity index (χ0n) is 10.5. The van der Waals surface area contributed by atoms with Gasteiger partial charge in [-0.3, -0.25) is 9.59 Å². The number of esters is 2. The van der Waals surface area contributed by atoms with Crippen LogP contribution in [0.25, 0.3) is 6.08 Å². The van der Waals surface area contributed by atoms with Crippen molar-refractivity contribution in [2.24, 2.45) is 0 Å². The molecule has 0 aliphatic heterocycles. The van der Waals surface area contributed by atoms with E-state index >= 15 is 0 Å². The minimum absolute atomic E-state index is 0.132. The Morgan fingerprint density at radius 1 is 1.39 bits per heavy atom. The van der Waals surface area contributed by atoms with E-state index in [1.54, 1.807) is 6.08 Å². The molecular weight excluding hydrogens is 232 g/mol. The zero-order chi connectivity index (χ0) is 13.5. The van der Waals surface area contributed by atoms with Gasteiger partial charge in [0.15, 0.2) is 0 Å². The first-order chi connectivity index (χ1) is 8.51. The quantitative estimate of drug-likeness (QED) is 0.592. The smallest absolute Gasteiger partial charge is 0.313 e. The zero-order valence-corrected chi connectivity index (χ0v) is 10.5. The average Bonchev–Trinajstić information content (AvgIpc) is 2.27. The first-order valence-electron chi connectivity index (χ1n) is 5.59. The topological polar surface area (TPSA) is 52.6 Å². The molecule has 1 aromatic carbocycles. The Morgan fingerprint density at radius 2 is 2.11 bits per heavy atom. The molecule has 18 heavy (non-hydrogen) atoms. The van der Waals surface area contributed by atoms with Gasteiger partial charge in [0.2, 0.25) is 6.29 Å². The summed E-state index contributed by atoms with van der Waals surface area (Å²) in [5.74, 6) is -0.922. The number of carbonyl (C=O) groups is 2. The minimum Gasteiger partial charge on any atom is -0.426 e. The van der Waals surface area contributed by atoms with Crippen LogP contribution in [0.3, 0.4) is 0 Å². The van der Waals surface area contributed by atoms with Gasteiger partial charge >= 0.3 is 11.9 Å². The molecule has 0 saturated heterocycles. The monoisotopic (exact) mass is 248 g/mol. The molecule has 0 spiro atoms. The lowest BCUT2D eigenvalue weighted by molar-refractivity contribution is -0.182. The standard InChI is InChI=1S/C14H16O4/c1-4-12-6-5-7-13(8-12)9-14(16)18-11(3)17-10(2)15/h4-8,11H,1,9H2,2-3H3. The van der Waals surface area contributed by atoms with Crippen LogP contribution < -0.4 is 0 Å². The van der Waals surface area contributed by atoms with Crippen molar-refractivity contribution < 1.29 is 19.1 Å². The second kappa shape index (κ2) is 6.59. The molecule has 0 saturated carbocycles. The van der Waals surface area contributed by atoms with Crippen molar-refractivity contribution in [2.75, 3.05) is 0 Å². The van der Waals surface area contributed by atoms with Gasteiger partial charge in [0.05, 0.1) is 6.42 Å². The maximum atomic E-state index is 11.6. The molecule has 0 aliphatic carbocycles. The van der Waals surface area contributed by atoms with Crippen LogP contribution in [0.4, 0.5) is 0 Å². The summed E-state index contributed by atoms with van der Waals surface area (Å²) in [5, 5.41) is 0. The molecule has 1 unspecified atom stereocenters. The molecule has 1 rings (SSSR count). The van der Waals surface area contributed by atoms with E-state index in [4.69, 9.17) is 9.47 Å². The van der Waals surface area contributed by atoms with Crippen LogP contribution in [0.5, 0.6) is 0 Å². The van der Waals surface area contributed by atoms with E-state index in [9.17, 15) is 9.59 Å². The number of hydrogen-bond acceptors (Lipinski definition) is 4. The normalized spacial score (nSPS) is 11.4. The predicted octanol–water partition coefficient (Wildman–Crippen LogP) is 2.32. The van der Waals surface area contributed by atoms with Crippen LogP contribution in [0.2, 0.25) is 0 Å². The number of carbonyl (C=O) groups excluding carboxylic acids is 2. The SMILES string of the molecule is C=Cc1cccc(CC(=O)OC(C)OC(C)=O)c1. The van der Waals surface area contributed by atoms with E-state index in [2.05, 4.69) is 6.58 Å². The molecule has 4 heteroatoms. The highest BCUT2D eigenvalue weighted by atomic mass is 16.7. The highest BCUT2D eigenvalue weighted by molar-refractivity contribution is 5.73. The third kappa shape index (κ3) is 4.82. The largest absolute Gasteiger partial charge is 0.426 e. The van der Waals surface area contributed by atoms with Crippen LogP contribution in [0.1, 0.15) is 25.0 Å². The maximum Gasteiger partial charge on any atom is 0.313 e. The van der Waals surface area contributed by atoms with Gasteiger partial charge in [0.1, 0.15) is 0 Å².